The van der Waals surface area contributed by atoms with Crippen LogP contribution in [-0.2, 0) is 6.54 Å². The van der Waals surface area contributed by atoms with Crippen molar-refractivity contribution in [2.45, 2.75) is 12.6 Å². The zero-order valence-corrected chi connectivity index (χ0v) is 9.22. The van der Waals surface area contributed by atoms with Crippen LogP contribution < -0.4 is 5.32 Å². The van der Waals surface area contributed by atoms with E-state index in [-0.39, 0.29) is 5.88 Å². The van der Waals surface area contributed by atoms with Crippen LogP contribution in [0.15, 0.2) is 24.3 Å². The number of aliphatic hydroxyl groups is 1. The molecule has 14 heavy (non-hydrogen) atoms. The SMILES string of the molecule is OC(CCl)CNCc1ccc(Cl)cc1. The third-order valence-electron chi connectivity index (χ3n) is 1.80. The monoisotopic (exact) mass is 233 g/mol. The van der Waals surface area contributed by atoms with Gasteiger partial charge in [-0.05, 0) is 17.7 Å². The Labute approximate surface area is 93.8 Å². The van der Waals surface area contributed by atoms with Gasteiger partial charge in [0.15, 0.2) is 0 Å². The summed E-state index contributed by atoms with van der Waals surface area (Å²) in [6.45, 7) is 1.22. The summed E-state index contributed by atoms with van der Waals surface area (Å²) in [4.78, 5) is 0. The Morgan fingerprint density at radius 2 is 1.93 bits per heavy atom. The zero-order chi connectivity index (χ0) is 10.4. The summed E-state index contributed by atoms with van der Waals surface area (Å²) in [5.74, 6) is 0.258. The van der Waals surface area contributed by atoms with Crippen molar-refractivity contribution in [3.05, 3.63) is 34.9 Å². The molecule has 0 bridgehead atoms. The average molecular weight is 234 g/mol. The highest BCUT2D eigenvalue weighted by Gasteiger charge is 2.00. The van der Waals surface area contributed by atoms with Crippen molar-refractivity contribution in [2.24, 2.45) is 0 Å². The van der Waals surface area contributed by atoms with Crippen LogP contribution in [0.4, 0.5) is 0 Å². The molecule has 2 N–H and O–H groups in total. The number of nitrogens with one attached hydrogen (secondary N) is 1. The molecule has 1 unspecified atom stereocenters. The first-order valence-electron chi connectivity index (χ1n) is 4.41. The third-order valence-corrected chi connectivity index (χ3v) is 2.41. The van der Waals surface area contributed by atoms with E-state index < -0.39 is 6.10 Å². The molecule has 4 heteroatoms. The Kier molecular flexibility index (Phi) is 5.26. The van der Waals surface area contributed by atoms with Crippen LogP contribution in [0, 0.1) is 0 Å². The van der Waals surface area contributed by atoms with Gasteiger partial charge in [-0.25, -0.2) is 0 Å². The Balaban J connectivity index is 2.28. The predicted octanol–water partition coefficient (Wildman–Crippen LogP) is 2.03. The summed E-state index contributed by atoms with van der Waals surface area (Å²) in [7, 11) is 0. The Morgan fingerprint density at radius 1 is 1.29 bits per heavy atom. The fraction of sp³-hybridized carbons (Fsp3) is 0.400. The van der Waals surface area contributed by atoms with E-state index in [0.717, 1.165) is 10.6 Å². The summed E-state index contributed by atoms with van der Waals surface area (Å²) in [5.41, 5.74) is 1.14. The van der Waals surface area contributed by atoms with E-state index in [1.54, 1.807) is 0 Å². The lowest BCUT2D eigenvalue weighted by molar-refractivity contribution is 0.194. The van der Waals surface area contributed by atoms with Gasteiger partial charge < -0.3 is 10.4 Å². The number of hydrogen-bond acceptors (Lipinski definition) is 2. The highest BCUT2D eigenvalue weighted by atomic mass is 35.5. The molecule has 0 fully saturated rings. The van der Waals surface area contributed by atoms with E-state index >= 15 is 0 Å². The summed E-state index contributed by atoms with van der Waals surface area (Å²) in [6.07, 6.45) is -0.482. The van der Waals surface area contributed by atoms with Crippen molar-refractivity contribution in [3.8, 4) is 0 Å². The fourth-order valence-electron chi connectivity index (χ4n) is 1.04. The molecule has 0 aliphatic carbocycles. The lowest BCUT2D eigenvalue weighted by atomic mass is 10.2. The van der Waals surface area contributed by atoms with Crippen molar-refractivity contribution in [2.75, 3.05) is 12.4 Å². The van der Waals surface area contributed by atoms with E-state index in [4.69, 9.17) is 28.3 Å². The van der Waals surface area contributed by atoms with Crippen molar-refractivity contribution in [1.29, 1.82) is 0 Å². The van der Waals surface area contributed by atoms with Gasteiger partial charge >= 0.3 is 0 Å². The second kappa shape index (κ2) is 6.25. The van der Waals surface area contributed by atoms with Crippen molar-refractivity contribution >= 4 is 23.2 Å². The second-order valence-electron chi connectivity index (χ2n) is 3.07. The number of alkyl halides is 1. The van der Waals surface area contributed by atoms with Gasteiger partial charge in [0.1, 0.15) is 0 Å². The molecule has 1 aromatic carbocycles. The molecule has 0 spiro atoms. The van der Waals surface area contributed by atoms with Gasteiger partial charge in [0, 0.05) is 24.0 Å². The fourth-order valence-corrected chi connectivity index (χ4v) is 1.28. The third kappa shape index (κ3) is 4.29. The van der Waals surface area contributed by atoms with Crippen LogP contribution in [0.1, 0.15) is 5.56 Å². The lowest BCUT2D eigenvalue weighted by Crippen LogP contribution is -2.27. The summed E-state index contributed by atoms with van der Waals surface area (Å²) < 4.78 is 0. The molecule has 0 aromatic heterocycles. The van der Waals surface area contributed by atoms with Gasteiger partial charge in [-0.15, -0.1) is 11.6 Å². The Bertz CT molecular complexity index is 263. The lowest BCUT2D eigenvalue weighted by Gasteiger charge is -2.08. The van der Waals surface area contributed by atoms with Gasteiger partial charge in [-0.1, -0.05) is 23.7 Å². The van der Waals surface area contributed by atoms with Crippen molar-refractivity contribution in [1.82, 2.24) is 5.32 Å². The van der Waals surface area contributed by atoms with E-state index in [0.29, 0.717) is 13.1 Å². The van der Waals surface area contributed by atoms with Gasteiger partial charge in [-0.3, -0.25) is 0 Å². The molecule has 0 heterocycles. The summed E-state index contributed by atoms with van der Waals surface area (Å²) in [5, 5.41) is 13.0. The minimum Gasteiger partial charge on any atom is -0.391 e. The molecule has 1 aromatic rings. The topological polar surface area (TPSA) is 32.3 Å². The smallest absolute Gasteiger partial charge is 0.0799 e. The molecule has 0 saturated heterocycles. The van der Waals surface area contributed by atoms with Crippen LogP contribution >= 0.6 is 23.2 Å². The van der Waals surface area contributed by atoms with E-state index in [2.05, 4.69) is 5.32 Å². The predicted molar refractivity (Wildman–Crippen MR) is 59.9 cm³/mol. The van der Waals surface area contributed by atoms with Gasteiger partial charge in [-0.2, -0.15) is 0 Å². The molecular formula is C10H13Cl2NO. The molecule has 0 saturated carbocycles. The highest BCUT2D eigenvalue weighted by Crippen LogP contribution is 2.08. The normalized spacial score (nSPS) is 12.8. The van der Waals surface area contributed by atoms with Crippen molar-refractivity contribution in [3.63, 3.8) is 0 Å². The van der Waals surface area contributed by atoms with Crippen LogP contribution in [0.3, 0.4) is 0 Å². The maximum absolute atomic E-state index is 9.16. The number of rotatable bonds is 5. The first kappa shape index (κ1) is 11.8. The van der Waals surface area contributed by atoms with Gasteiger partial charge in [0.2, 0.25) is 0 Å². The van der Waals surface area contributed by atoms with Crippen LogP contribution in [0.5, 0.6) is 0 Å². The number of benzene rings is 1. The largest absolute Gasteiger partial charge is 0.391 e. The maximum Gasteiger partial charge on any atom is 0.0799 e. The quantitative estimate of drug-likeness (QED) is 0.764. The average Bonchev–Trinajstić information content (AvgIpc) is 2.21. The molecule has 0 aliphatic rings. The molecule has 0 radical (unpaired) electrons. The van der Waals surface area contributed by atoms with Gasteiger partial charge in [0.05, 0.1) is 6.10 Å². The molecule has 78 valence electrons. The molecular weight excluding hydrogens is 221 g/mol. The standard InChI is InChI=1S/C10H13Cl2NO/c11-5-10(14)7-13-6-8-1-3-9(12)4-2-8/h1-4,10,13-14H,5-7H2. The van der Waals surface area contributed by atoms with E-state index in [9.17, 15) is 0 Å². The van der Waals surface area contributed by atoms with E-state index in [1.165, 1.54) is 0 Å². The molecule has 0 aliphatic heterocycles. The van der Waals surface area contributed by atoms with Crippen LogP contribution in [0.25, 0.3) is 0 Å². The zero-order valence-electron chi connectivity index (χ0n) is 7.71. The molecule has 0 amide bonds. The second-order valence-corrected chi connectivity index (χ2v) is 3.81. The minimum atomic E-state index is -0.482. The van der Waals surface area contributed by atoms with Crippen LogP contribution in [0.2, 0.25) is 5.02 Å². The minimum absolute atomic E-state index is 0.258. The molecule has 1 atom stereocenters. The van der Waals surface area contributed by atoms with E-state index in [1.807, 2.05) is 24.3 Å². The summed E-state index contributed by atoms with van der Waals surface area (Å²) >= 11 is 11.2. The molecule has 2 nitrogen and oxygen atoms in total. The first-order valence-corrected chi connectivity index (χ1v) is 5.33. The first-order chi connectivity index (χ1) is 6.72. The molecule has 1 rings (SSSR count). The van der Waals surface area contributed by atoms with Crippen LogP contribution in [-0.4, -0.2) is 23.6 Å². The van der Waals surface area contributed by atoms with Crippen molar-refractivity contribution < 1.29 is 5.11 Å². The Morgan fingerprint density at radius 3 is 2.50 bits per heavy atom. The number of hydrogen-bond donors (Lipinski definition) is 2. The van der Waals surface area contributed by atoms with Gasteiger partial charge in [0.25, 0.3) is 0 Å². The number of halogens is 2. The number of aliphatic hydroxyl groups excluding tert-OH is 1. The Hall–Kier alpha value is -0.280. The summed E-state index contributed by atoms with van der Waals surface area (Å²) in [6, 6.07) is 7.58. The highest BCUT2D eigenvalue weighted by molar-refractivity contribution is 6.30. The maximum atomic E-state index is 9.16.